The van der Waals surface area contributed by atoms with Gasteiger partial charge in [-0.25, -0.2) is 13.2 Å². The zero-order valence-electron chi connectivity index (χ0n) is 17.8. The second-order valence-electron chi connectivity index (χ2n) is 10.0. The van der Waals surface area contributed by atoms with Crippen LogP contribution in [0.15, 0.2) is 29.2 Å². The lowest BCUT2D eigenvalue weighted by Crippen LogP contribution is -2.77. The molecule has 0 aromatic heterocycles. The molecule has 1 atom stereocenters. The van der Waals surface area contributed by atoms with Crippen molar-refractivity contribution in [2.75, 3.05) is 45.6 Å². The first kappa shape index (κ1) is 20.8. The van der Waals surface area contributed by atoms with Crippen molar-refractivity contribution in [1.29, 1.82) is 0 Å². The van der Waals surface area contributed by atoms with Gasteiger partial charge in [0, 0.05) is 37.8 Å². The minimum atomic E-state index is -3.16. The van der Waals surface area contributed by atoms with Crippen LogP contribution < -0.4 is 5.32 Å². The maximum absolute atomic E-state index is 12.8. The van der Waals surface area contributed by atoms with Crippen molar-refractivity contribution >= 4 is 21.8 Å². The normalized spacial score (nSPS) is 26.5. The largest absolute Gasteiger partial charge is 0.369 e. The lowest BCUT2D eigenvalue weighted by Gasteiger charge is -2.56. The lowest BCUT2D eigenvalue weighted by molar-refractivity contribution is -0.142. The Morgan fingerprint density at radius 2 is 1.84 bits per heavy atom. The van der Waals surface area contributed by atoms with Crippen LogP contribution in [0, 0.1) is 11.3 Å². The molecule has 9 heteroatoms. The highest BCUT2D eigenvalue weighted by atomic mass is 32.2. The average Bonchev–Trinajstić information content (AvgIpc) is 3.08. The summed E-state index contributed by atoms with van der Waals surface area (Å²) >= 11 is 0. The maximum Gasteiger partial charge on any atom is 0.320 e. The van der Waals surface area contributed by atoms with Gasteiger partial charge in [-0.1, -0.05) is 12.1 Å². The van der Waals surface area contributed by atoms with E-state index in [4.69, 9.17) is 4.74 Å². The molecular weight excluding hydrogens is 418 g/mol. The molecule has 3 saturated heterocycles. The number of hydrogen-bond acceptors (Lipinski definition) is 5. The van der Waals surface area contributed by atoms with Gasteiger partial charge in [0.15, 0.2) is 9.84 Å². The maximum atomic E-state index is 12.8. The highest BCUT2D eigenvalue weighted by molar-refractivity contribution is 7.90. The predicted octanol–water partition coefficient (Wildman–Crippen LogP) is 1.06. The monoisotopic (exact) mass is 447 g/mol. The van der Waals surface area contributed by atoms with Gasteiger partial charge in [-0.15, -0.1) is 0 Å². The number of urea groups is 1. The van der Waals surface area contributed by atoms with Gasteiger partial charge >= 0.3 is 6.03 Å². The third-order valence-electron chi connectivity index (χ3n) is 7.28. The van der Waals surface area contributed by atoms with Crippen molar-refractivity contribution in [1.82, 2.24) is 15.1 Å². The van der Waals surface area contributed by atoms with E-state index in [1.54, 1.807) is 17.0 Å². The van der Waals surface area contributed by atoms with Crippen molar-refractivity contribution in [3.05, 3.63) is 29.8 Å². The minimum Gasteiger partial charge on any atom is -0.369 e. The molecule has 4 fully saturated rings. The predicted molar refractivity (Wildman–Crippen MR) is 113 cm³/mol. The molecule has 2 spiro atoms. The molecule has 1 aliphatic carbocycles. The Balaban J connectivity index is 1.10. The van der Waals surface area contributed by atoms with E-state index in [0.717, 1.165) is 38.8 Å². The second-order valence-corrected chi connectivity index (χ2v) is 12.1. The number of rotatable bonds is 3. The number of carbonyl (C=O) groups is 2. The van der Waals surface area contributed by atoms with Crippen LogP contribution in [-0.4, -0.2) is 81.3 Å². The van der Waals surface area contributed by atoms with Crippen LogP contribution in [0.3, 0.4) is 0 Å². The first-order chi connectivity index (χ1) is 14.7. The van der Waals surface area contributed by atoms with Gasteiger partial charge < -0.3 is 19.9 Å². The summed E-state index contributed by atoms with van der Waals surface area (Å²) in [6.07, 6.45) is 5.57. The van der Waals surface area contributed by atoms with Crippen LogP contribution in [0.2, 0.25) is 0 Å². The summed E-state index contributed by atoms with van der Waals surface area (Å²) in [6, 6.07) is 7.30. The fourth-order valence-corrected chi connectivity index (χ4v) is 6.42. The smallest absolute Gasteiger partial charge is 0.320 e. The summed E-state index contributed by atoms with van der Waals surface area (Å²) in [5, 5.41) is 2.97. The van der Waals surface area contributed by atoms with Gasteiger partial charge in [-0.2, -0.15) is 0 Å². The number of ether oxygens (including phenoxy) is 1. The van der Waals surface area contributed by atoms with Crippen molar-refractivity contribution < 1.29 is 22.7 Å². The number of benzene rings is 1. The van der Waals surface area contributed by atoms with E-state index in [2.05, 4.69) is 5.32 Å². The molecule has 3 heterocycles. The van der Waals surface area contributed by atoms with Gasteiger partial charge in [0.05, 0.1) is 17.0 Å². The van der Waals surface area contributed by atoms with Crippen LogP contribution in [0.25, 0.3) is 0 Å². The van der Waals surface area contributed by atoms with Gasteiger partial charge in [-0.3, -0.25) is 4.79 Å². The SMILES string of the molecule is CS(=O)(=O)c1ccc(C[C@@H]2CCC3(C2)CN(C(=O)N2CC4(COCC(=O)N4)C2)C3)cc1. The van der Waals surface area contributed by atoms with Crippen molar-refractivity contribution in [3.8, 4) is 0 Å². The van der Waals surface area contributed by atoms with Crippen molar-refractivity contribution in [3.63, 3.8) is 0 Å². The van der Waals surface area contributed by atoms with Crippen LogP contribution in [0.1, 0.15) is 24.8 Å². The minimum absolute atomic E-state index is 0.0656. The Kier molecular flexibility index (Phi) is 4.82. The molecule has 0 bridgehead atoms. The Labute approximate surface area is 182 Å². The topological polar surface area (TPSA) is 96.0 Å². The third kappa shape index (κ3) is 3.93. The fourth-order valence-electron chi connectivity index (χ4n) is 5.79. The molecule has 1 aromatic rings. The molecule has 1 saturated carbocycles. The quantitative estimate of drug-likeness (QED) is 0.747. The fraction of sp³-hybridized carbons (Fsp3) is 0.636. The van der Waals surface area contributed by atoms with E-state index in [-0.39, 0.29) is 24.0 Å². The highest BCUT2D eigenvalue weighted by Crippen LogP contribution is 2.49. The van der Waals surface area contributed by atoms with Crippen LogP contribution in [-0.2, 0) is 25.8 Å². The van der Waals surface area contributed by atoms with Gasteiger partial charge in [-0.05, 0) is 49.3 Å². The Hall–Kier alpha value is -2.13. The van der Waals surface area contributed by atoms with Crippen LogP contribution in [0.4, 0.5) is 4.79 Å². The molecule has 3 aliphatic heterocycles. The summed E-state index contributed by atoms with van der Waals surface area (Å²) in [6.45, 7) is 3.23. The summed E-state index contributed by atoms with van der Waals surface area (Å²) in [7, 11) is -3.16. The number of nitrogens with zero attached hydrogens (tertiary/aromatic N) is 2. The zero-order chi connectivity index (χ0) is 21.9. The summed E-state index contributed by atoms with van der Waals surface area (Å²) in [4.78, 5) is 28.5. The van der Waals surface area contributed by atoms with E-state index in [9.17, 15) is 18.0 Å². The molecule has 1 aromatic carbocycles. The second kappa shape index (κ2) is 7.20. The molecule has 4 aliphatic rings. The van der Waals surface area contributed by atoms with Crippen molar-refractivity contribution in [2.24, 2.45) is 11.3 Å². The average molecular weight is 448 g/mol. The van der Waals surface area contributed by atoms with Gasteiger partial charge in [0.1, 0.15) is 6.61 Å². The molecule has 0 radical (unpaired) electrons. The molecule has 168 valence electrons. The first-order valence-electron chi connectivity index (χ1n) is 10.9. The number of likely N-dealkylation sites (tertiary alicyclic amines) is 2. The Bertz CT molecular complexity index is 994. The molecule has 8 nitrogen and oxygen atoms in total. The number of sulfone groups is 1. The van der Waals surface area contributed by atoms with E-state index < -0.39 is 15.4 Å². The zero-order valence-corrected chi connectivity index (χ0v) is 18.6. The standard InChI is InChI=1S/C22H29N3O5S/c1-31(28,29)18-4-2-16(3-5-18)8-17-6-7-21(9-17)11-24(12-21)20(27)25-13-22(14-25)15-30-10-19(26)23-22/h2-5,17H,6-15H2,1H3,(H,23,26)/t17-/m0/s1. The number of morpholine rings is 1. The third-order valence-corrected chi connectivity index (χ3v) is 8.41. The highest BCUT2D eigenvalue weighted by Gasteiger charge is 2.54. The van der Waals surface area contributed by atoms with Gasteiger partial charge in [0.2, 0.25) is 5.91 Å². The summed E-state index contributed by atoms with van der Waals surface area (Å²) < 4.78 is 28.6. The number of nitrogens with one attached hydrogen (secondary N) is 1. The summed E-state index contributed by atoms with van der Waals surface area (Å²) in [5.74, 6) is 0.465. The Morgan fingerprint density at radius 1 is 1.16 bits per heavy atom. The molecular formula is C22H29N3O5S. The summed E-state index contributed by atoms with van der Waals surface area (Å²) in [5.41, 5.74) is 1.01. The number of hydrogen-bond donors (Lipinski definition) is 1. The molecule has 5 rings (SSSR count). The first-order valence-corrected chi connectivity index (χ1v) is 12.8. The molecule has 0 unspecified atom stereocenters. The number of carbonyl (C=O) groups excluding carboxylic acids is 2. The lowest BCUT2D eigenvalue weighted by atomic mass is 9.77. The van der Waals surface area contributed by atoms with Crippen LogP contribution in [0.5, 0.6) is 0 Å². The van der Waals surface area contributed by atoms with E-state index in [0.29, 0.717) is 30.5 Å². The molecule has 1 N–H and O–H groups in total. The Morgan fingerprint density at radius 3 is 2.48 bits per heavy atom. The van der Waals surface area contributed by atoms with Crippen molar-refractivity contribution in [2.45, 2.75) is 36.1 Å². The van der Waals surface area contributed by atoms with E-state index in [1.807, 2.05) is 17.0 Å². The van der Waals surface area contributed by atoms with E-state index >= 15 is 0 Å². The molecule has 31 heavy (non-hydrogen) atoms. The van der Waals surface area contributed by atoms with Crippen LogP contribution >= 0.6 is 0 Å². The molecule has 3 amide bonds. The number of amides is 3. The van der Waals surface area contributed by atoms with E-state index in [1.165, 1.54) is 11.8 Å². The van der Waals surface area contributed by atoms with Gasteiger partial charge in [0.25, 0.3) is 0 Å².